The Morgan fingerprint density at radius 2 is 2.19 bits per heavy atom. The van der Waals surface area contributed by atoms with E-state index in [4.69, 9.17) is 16.3 Å². The van der Waals surface area contributed by atoms with Crippen molar-refractivity contribution in [1.29, 1.82) is 0 Å². The Balaban J connectivity index is 2.31. The summed E-state index contributed by atoms with van der Waals surface area (Å²) in [6, 6.07) is 8.65. The lowest BCUT2D eigenvalue weighted by atomic mass is 10.1. The molecule has 0 fully saturated rings. The first kappa shape index (κ1) is 11.2. The van der Waals surface area contributed by atoms with Crippen LogP contribution in [0.15, 0.2) is 35.7 Å². The molecule has 0 unspecified atom stereocenters. The van der Waals surface area contributed by atoms with Crippen LogP contribution in [0.4, 0.5) is 0 Å². The predicted molar refractivity (Wildman–Crippen MR) is 65.8 cm³/mol. The molecule has 16 heavy (non-hydrogen) atoms. The van der Waals surface area contributed by atoms with E-state index in [1.54, 1.807) is 42.8 Å². The van der Waals surface area contributed by atoms with Gasteiger partial charge in [-0.2, -0.15) is 0 Å². The average Bonchev–Trinajstić information content (AvgIpc) is 2.76. The van der Waals surface area contributed by atoms with Crippen LogP contribution in [-0.4, -0.2) is 12.9 Å². The third-order valence-corrected chi connectivity index (χ3v) is 3.26. The van der Waals surface area contributed by atoms with E-state index in [2.05, 4.69) is 0 Å². The number of ketones is 1. The Morgan fingerprint density at radius 1 is 1.38 bits per heavy atom. The molecule has 0 aliphatic heterocycles. The SMILES string of the molecule is COc1csc(C(=O)c2cccc(Cl)c2)c1. The fourth-order valence-corrected chi connectivity index (χ4v) is 2.32. The molecule has 0 saturated heterocycles. The maximum atomic E-state index is 12.0. The summed E-state index contributed by atoms with van der Waals surface area (Å²) in [6.07, 6.45) is 0. The second kappa shape index (κ2) is 4.68. The van der Waals surface area contributed by atoms with Gasteiger partial charge in [0.25, 0.3) is 0 Å². The topological polar surface area (TPSA) is 26.3 Å². The number of halogens is 1. The van der Waals surface area contributed by atoms with Gasteiger partial charge in [-0.05, 0) is 12.1 Å². The van der Waals surface area contributed by atoms with E-state index in [-0.39, 0.29) is 5.78 Å². The fourth-order valence-electron chi connectivity index (χ4n) is 1.32. The summed E-state index contributed by atoms with van der Waals surface area (Å²) >= 11 is 7.20. The molecule has 0 atom stereocenters. The van der Waals surface area contributed by atoms with Gasteiger partial charge in [0.05, 0.1) is 12.0 Å². The van der Waals surface area contributed by atoms with Gasteiger partial charge in [0, 0.05) is 22.0 Å². The highest BCUT2D eigenvalue weighted by Crippen LogP contribution is 2.24. The minimum Gasteiger partial charge on any atom is -0.496 e. The Labute approximate surface area is 102 Å². The molecule has 2 rings (SSSR count). The third kappa shape index (κ3) is 2.26. The predicted octanol–water partition coefficient (Wildman–Crippen LogP) is 3.64. The van der Waals surface area contributed by atoms with Gasteiger partial charge in [-0.25, -0.2) is 0 Å². The van der Waals surface area contributed by atoms with Crippen molar-refractivity contribution in [2.24, 2.45) is 0 Å². The molecule has 0 N–H and O–H groups in total. The quantitative estimate of drug-likeness (QED) is 0.780. The van der Waals surface area contributed by atoms with Crippen molar-refractivity contribution in [3.8, 4) is 5.75 Å². The molecule has 82 valence electrons. The summed E-state index contributed by atoms with van der Waals surface area (Å²) in [5.74, 6) is 0.672. The number of thiophene rings is 1. The molecule has 0 saturated carbocycles. The number of hydrogen-bond donors (Lipinski definition) is 0. The molecule has 0 aliphatic carbocycles. The molecule has 0 aliphatic rings. The lowest BCUT2D eigenvalue weighted by Gasteiger charge is -1.98. The zero-order valence-electron chi connectivity index (χ0n) is 8.57. The van der Waals surface area contributed by atoms with Crippen molar-refractivity contribution in [3.63, 3.8) is 0 Å². The number of benzene rings is 1. The highest BCUT2D eigenvalue weighted by atomic mass is 35.5. The maximum Gasteiger partial charge on any atom is 0.203 e. The van der Waals surface area contributed by atoms with E-state index >= 15 is 0 Å². The van der Waals surface area contributed by atoms with Crippen LogP contribution >= 0.6 is 22.9 Å². The standard InChI is InChI=1S/C12H9ClO2S/c1-15-10-6-11(16-7-10)12(14)8-3-2-4-9(13)5-8/h2-7H,1H3. The van der Waals surface area contributed by atoms with Crippen molar-refractivity contribution in [2.45, 2.75) is 0 Å². The minimum absolute atomic E-state index is 0.0317. The van der Waals surface area contributed by atoms with Gasteiger partial charge in [0.15, 0.2) is 0 Å². The van der Waals surface area contributed by atoms with Crippen LogP contribution < -0.4 is 4.74 Å². The van der Waals surface area contributed by atoms with Gasteiger partial charge in [-0.15, -0.1) is 11.3 Å². The van der Waals surface area contributed by atoms with Gasteiger partial charge >= 0.3 is 0 Å². The fraction of sp³-hybridized carbons (Fsp3) is 0.0833. The molecule has 0 amide bonds. The highest BCUT2D eigenvalue weighted by Gasteiger charge is 2.12. The molecule has 2 aromatic rings. The monoisotopic (exact) mass is 252 g/mol. The molecule has 1 heterocycles. The molecule has 1 aromatic heterocycles. The van der Waals surface area contributed by atoms with Crippen LogP contribution in [-0.2, 0) is 0 Å². The van der Waals surface area contributed by atoms with Gasteiger partial charge in [0.1, 0.15) is 5.75 Å². The molecular formula is C12H9ClO2S. The zero-order valence-corrected chi connectivity index (χ0v) is 10.1. The molecule has 0 bridgehead atoms. The lowest BCUT2D eigenvalue weighted by Crippen LogP contribution is -1.97. The summed E-state index contributed by atoms with van der Waals surface area (Å²) in [7, 11) is 1.58. The summed E-state index contributed by atoms with van der Waals surface area (Å²) < 4.78 is 5.04. The van der Waals surface area contributed by atoms with Crippen LogP contribution in [0.25, 0.3) is 0 Å². The van der Waals surface area contributed by atoms with E-state index in [0.29, 0.717) is 21.2 Å². The largest absolute Gasteiger partial charge is 0.496 e. The normalized spacial score (nSPS) is 10.1. The number of carbonyl (C=O) groups excluding carboxylic acids is 1. The van der Waals surface area contributed by atoms with Gasteiger partial charge in [-0.3, -0.25) is 4.79 Å². The molecule has 0 radical (unpaired) electrons. The first-order valence-corrected chi connectivity index (χ1v) is 5.89. The van der Waals surface area contributed by atoms with Crippen molar-refractivity contribution in [3.05, 3.63) is 51.2 Å². The van der Waals surface area contributed by atoms with Crippen molar-refractivity contribution in [2.75, 3.05) is 7.11 Å². The van der Waals surface area contributed by atoms with Crippen molar-refractivity contribution < 1.29 is 9.53 Å². The summed E-state index contributed by atoms with van der Waals surface area (Å²) in [6.45, 7) is 0. The van der Waals surface area contributed by atoms with Crippen molar-refractivity contribution >= 4 is 28.7 Å². The number of ether oxygens (including phenoxy) is 1. The Bertz CT molecular complexity index is 519. The molecular weight excluding hydrogens is 244 g/mol. The Kier molecular flexibility index (Phi) is 3.27. The second-order valence-corrected chi connectivity index (χ2v) is 4.54. The maximum absolute atomic E-state index is 12.0. The molecule has 1 aromatic carbocycles. The van der Waals surface area contributed by atoms with Gasteiger partial charge in [-0.1, -0.05) is 23.7 Å². The van der Waals surface area contributed by atoms with Gasteiger partial charge < -0.3 is 4.74 Å². The van der Waals surface area contributed by atoms with Crippen LogP contribution in [0.1, 0.15) is 15.2 Å². The van der Waals surface area contributed by atoms with E-state index in [1.807, 2.05) is 0 Å². The molecule has 2 nitrogen and oxygen atoms in total. The number of rotatable bonds is 3. The number of carbonyl (C=O) groups is 1. The summed E-state index contributed by atoms with van der Waals surface area (Å²) in [5.41, 5.74) is 0.594. The first-order valence-electron chi connectivity index (χ1n) is 4.63. The number of hydrogen-bond acceptors (Lipinski definition) is 3. The lowest BCUT2D eigenvalue weighted by molar-refractivity contribution is 0.104. The second-order valence-electron chi connectivity index (χ2n) is 3.19. The summed E-state index contributed by atoms with van der Waals surface area (Å²) in [5, 5.41) is 2.37. The van der Waals surface area contributed by atoms with Crippen molar-refractivity contribution in [1.82, 2.24) is 0 Å². The zero-order chi connectivity index (χ0) is 11.5. The van der Waals surface area contributed by atoms with Crippen LogP contribution in [0.3, 0.4) is 0 Å². The van der Waals surface area contributed by atoms with E-state index in [9.17, 15) is 4.79 Å². The summed E-state index contributed by atoms with van der Waals surface area (Å²) in [4.78, 5) is 12.7. The van der Waals surface area contributed by atoms with Gasteiger partial charge in [0.2, 0.25) is 5.78 Å². The van der Waals surface area contributed by atoms with Crippen LogP contribution in [0.2, 0.25) is 5.02 Å². The van der Waals surface area contributed by atoms with E-state index in [1.165, 1.54) is 11.3 Å². The minimum atomic E-state index is -0.0317. The van der Waals surface area contributed by atoms with Crippen LogP contribution in [0, 0.1) is 0 Å². The van der Waals surface area contributed by atoms with E-state index in [0.717, 1.165) is 0 Å². The Morgan fingerprint density at radius 3 is 2.81 bits per heavy atom. The van der Waals surface area contributed by atoms with E-state index < -0.39 is 0 Å². The van der Waals surface area contributed by atoms with Crippen LogP contribution in [0.5, 0.6) is 5.75 Å². The average molecular weight is 253 g/mol. The smallest absolute Gasteiger partial charge is 0.203 e. The molecule has 4 heteroatoms. The first-order chi connectivity index (χ1) is 7.70. The number of methoxy groups -OCH3 is 1. The highest BCUT2D eigenvalue weighted by molar-refractivity contribution is 7.12. The third-order valence-electron chi connectivity index (χ3n) is 2.12. The molecule has 0 spiro atoms. The Hall–Kier alpha value is -1.32.